The van der Waals surface area contributed by atoms with Crippen molar-refractivity contribution in [3.8, 4) is 11.6 Å². The van der Waals surface area contributed by atoms with Gasteiger partial charge in [-0.2, -0.15) is 4.39 Å². The van der Waals surface area contributed by atoms with Crippen molar-refractivity contribution in [3.63, 3.8) is 0 Å². The maximum absolute atomic E-state index is 13.2. The lowest BCUT2D eigenvalue weighted by Gasteiger charge is -2.05. The fourth-order valence-electron chi connectivity index (χ4n) is 2.10. The van der Waals surface area contributed by atoms with E-state index < -0.39 is 17.8 Å². The molecule has 0 saturated heterocycles. The van der Waals surface area contributed by atoms with Gasteiger partial charge in [0.25, 0.3) is 6.01 Å². The maximum Gasteiger partial charge on any atom is 0.323 e. The van der Waals surface area contributed by atoms with Crippen LogP contribution < -0.4 is 0 Å². The number of aromatic nitrogens is 2. The number of hydrogen-bond acceptors (Lipinski definition) is 3. The standard InChI is InChI=1S/C13H8F2N2O3/c14-8-1-2-9-7(3-8)4-10(17(9)6-12(18)19)13-16-5-11(15)20-13/h1-5H,6H2,(H,18,19). The summed E-state index contributed by atoms with van der Waals surface area (Å²) < 4.78 is 32.3. The minimum Gasteiger partial charge on any atom is -0.480 e. The second-order valence-electron chi connectivity index (χ2n) is 4.18. The summed E-state index contributed by atoms with van der Waals surface area (Å²) in [6.07, 6.45) is 0.888. The van der Waals surface area contributed by atoms with Gasteiger partial charge in [-0.15, -0.1) is 0 Å². The summed E-state index contributed by atoms with van der Waals surface area (Å²) in [7, 11) is 0. The highest BCUT2D eigenvalue weighted by atomic mass is 19.1. The Labute approximate surface area is 111 Å². The van der Waals surface area contributed by atoms with Gasteiger partial charge in [-0.25, -0.2) is 9.37 Å². The zero-order valence-electron chi connectivity index (χ0n) is 10.0. The van der Waals surface area contributed by atoms with Crippen molar-refractivity contribution < 1.29 is 23.1 Å². The number of fused-ring (bicyclic) bond motifs is 1. The minimum atomic E-state index is -1.08. The van der Waals surface area contributed by atoms with Crippen LogP contribution in [0.3, 0.4) is 0 Å². The smallest absolute Gasteiger partial charge is 0.323 e. The van der Waals surface area contributed by atoms with Crippen LogP contribution in [0.25, 0.3) is 22.5 Å². The molecule has 0 unspecified atom stereocenters. The van der Waals surface area contributed by atoms with Crippen LogP contribution in [0.2, 0.25) is 0 Å². The second kappa shape index (κ2) is 4.44. The summed E-state index contributed by atoms with van der Waals surface area (Å²) in [6, 6.07) is 4.57. The third-order valence-electron chi connectivity index (χ3n) is 2.85. The number of oxazole rings is 1. The zero-order chi connectivity index (χ0) is 14.3. The number of carbonyl (C=O) groups is 1. The predicted molar refractivity (Wildman–Crippen MR) is 65.0 cm³/mol. The molecule has 20 heavy (non-hydrogen) atoms. The van der Waals surface area contributed by atoms with Crippen molar-refractivity contribution in [1.29, 1.82) is 0 Å². The molecule has 0 saturated carbocycles. The number of nitrogens with zero attached hydrogens (tertiary/aromatic N) is 2. The Balaban J connectivity index is 2.26. The van der Waals surface area contributed by atoms with E-state index in [-0.39, 0.29) is 18.1 Å². The van der Waals surface area contributed by atoms with Gasteiger partial charge in [-0.1, -0.05) is 0 Å². The molecule has 7 heteroatoms. The van der Waals surface area contributed by atoms with Crippen LogP contribution in [-0.4, -0.2) is 20.6 Å². The van der Waals surface area contributed by atoms with Crippen LogP contribution >= 0.6 is 0 Å². The normalized spacial score (nSPS) is 11.1. The molecule has 0 bridgehead atoms. The van der Waals surface area contributed by atoms with Crippen LogP contribution in [0, 0.1) is 11.8 Å². The Hall–Kier alpha value is -2.70. The average Bonchev–Trinajstić information content (AvgIpc) is 2.93. The molecule has 2 heterocycles. The monoisotopic (exact) mass is 278 g/mol. The van der Waals surface area contributed by atoms with Crippen LogP contribution in [0.1, 0.15) is 0 Å². The van der Waals surface area contributed by atoms with E-state index in [2.05, 4.69) is 4.98 Å². The van der Waals surface area contributed by atoms with Crippen LogP contribution in [0.15, 0.2) is 34.9 Å². The van der Waals surface area contributed by atoms with E-state index >= 15 is 0 Å². The van der Waals surface area contributed by atoms with Gasteiger partial charge in [-0.05, 0) is 24.3 Å². The number of rotatable bonds is 3. The zero-order valence-corrected chi connectivity index (χ0v) is 10.0. The highest BCUT2D eigenvalue weighted by Gasteiger charge is 2.17. The fraction of sp³-hybridized carbons (Fsp3) is 0.0769. The van der Waals surface area contributed by atoms with Gasteiger partial charge in [-0.3, -0.25) is 4.79 Å². The van der Waals surface area contributed by atoms with E-state index in [4.69, 9.17) is 9.52 Å². The van der Waals surface area contributed by atoms with Crippen molar-refractivity contribution in [3.05, 3.63) is 42.3 Å². The molecule has 0 spiro atoms. The Morgan fingerprint density at radius 2 is 2.15 bits per heavy atom. The quantitative estimate of drug-likeness (QED) is 0.799. The molecular weight excluding hydrogens is 270 g/mol. The summed E-state index contributed by atoms with van der Waals surface area (Å²) in [4.78, 5) is 14.7. The van der Waals surface area contributed by atoms with E-state index in [9.17, 15) is 13.6 Å². The Bertz CT molecular complexity index is 807. The highest BCUT2D eigenvalue weighted by Crippen LogP contribution is 2.28. The lowest BCUT2D eigenvalue weighted by molar-refractivity contribution is -0.137. The number of aliphatic carboxylic acids is 1. The summed E-state index contributed by atoms with van der Waals surface area (Å²) in [5, 5.41) is 9.44. The van der Waals surface area contributed by atoms with Gasteiger partial charge in [0.15, 0.2) is 0 Å². The third kappa shape index (κ3) is 2.03. The molecule has 2 aromatic heterocycles. The first kappa shape index (κ1) is 12.3. The number of carboxylic acid groups (broad SMARTS) is 1. The van der Waals surface area contributed by atoms with Crippen molar-refractivity contribution in [2.45, 2.75) is 6.54 Å². The molecule has 3 rings (SSSR count). The van der Waals surface area contributed by atoms with E-state index in [0.717, 1.165) is 6.20 Å². The van der Waals surface area contributed by atoms with Gasteiger partial charge in [0.05, 0.1) is 0 Å². The van der Waals surface area contributed by atoms with Gasteiger partial charge in [0.2, 0.25) is 5.89 Å². The molecule has 0 amide bonds. The summed E-state index contributed by atoms with van der Waals surface area (Å²) in [5.41, 5.74) is 0.777. The fourth-order valence-corrected chi connectivity index (χ4v) is 2.10. The van der Waals surface area contributed by atoms with Crippen molar-refractivity contribution in [1.82, 2.24) is 9.55 Å². The highest BCUT2D eigenvalue weighted by molar-refractivity contribution is 5.87. The molecule has 5 nitrogen and oxygen atoms in total. The molecule has 0 aliphatic heterocycles. The molecular formula is C13H8F2N2O3. The Morgan fingerprint density at radius 3 is 2.80 bits per heavy atom. The van der Waals surface area contributed by atoms with Crippen molar-refractivity contribution in [2.75, 3.05) is 0 Å². The van der Waals surface area contributed by atoms with E-state index in [1.807, 2.05) is 0 Å². The minimum absolute atomic E-state index is 0.0552. The summed E-state index contributed by atoms with van der Waals surface area (Å²) >= 11 is 0. The first-order valence-electron chi connectivity index (χ1n) is 5.67. The lowest BCUT2D eigenvalue weighted by atomic mass is 10.2. The van der Waals surface area contributed by atoms with Crippen molar-refractivity contribution in [2.24, 2.45) is 0 Å². The summed E-state index contributed by atoms with van der Waals surface area (Å²) in [5.74, 6) is -1.59. The largest absolute Gasteiger partial charge is 0.480 e. The summed E-state index contributed by atoms with van der Waals surface area (Å²) in [6.45, 7) is -0.367. The maximum atomic E-state index is 13.2. The average molecular weight is 278 g/mol. The molecule has 0 aliphatic rings. The van der Waals surface area contributed by atoms with E-state index in [0.29, 0.717) is 10.9 Å². The number of hydrogen-bond donors (Lipinski definition) is 1. The molecule has 3 aromatic rings. The second-order valence-corrected chi connectivity index (χ2v) is 4.18. The number of benzene rings is 1. The van der Waals surface area contributed by atoms with Gasteiger partial charge in [0.1, 0.15) is 24.3 Å². The molecule has 102 valence electrons. The van der Waals surface area contributed by atoms with Crippen LogP contribution in [0.5, 0.6) is 0 Å². The van der Waals surface area contributed by atoms with Gasteiger partial charge >= 0.3 is 5.97 Å². The molecule has 0 aliphatic carbocycles. The van der Waals surface area contributed by atoms with E-state index in [1.54, 1.807) is 0 Å². The first-order chi connectivity index (χ1) is 9.54. The predicted octanol–water partition coefficient (Wildman–Crippen LogP) is 2.66. The van der Waals surface area contributed by atoms with Crippen molar-refractivity contribution >= 4 is 16.9 Å². The molecule has 0 radical (unpaired) electrons. The van der Waals surface area contributed by atoms with E-state index in [1.165, 1.54) is 28.8 Å². The molecule has 1 N–H and O–H groups in total. The molecule has 1 aromatic carbocycles. The SMILES string of the molecule is O=C(O)Cn1c(-c2ncc(F)o2)cc2cc(F)ccc21. The van der Waals surface area contributed by atoms with Crippen LogP contribution in [0.4, 0.5) is 8.78 Å². The van der Waals surface area contributed by atoms with Crippen LogP contribution in [-0.2, 0) is 11.3 Å². The Morgan fingerprint density at radius 1 is 1.35 bits per heavy atom. The molecule has 0 atom stereocenters. The molecule has 0 fully saturated rings. The first-order valence-corrected chi connectivity index (χ1v) is 5.67. The van der Waals surface area contributed by atoms with Gasteiger partial charge in [0, 0.05) is 10.9 Å². The number of halogens is 2. The third-order valence-corrected chi connectivity index (χ3v) is 2.85. The number of carboxylic acids is 1. The Kier molecular flexibility index (Phi) is 2.74. The van der Waals surface area contributed by atoms with Gasteiger partial charge < -0.3 is 14.1 Å². The topological polar surface area (TPSA) is 68.3 Å². The lowest BCUT2D eigenvalue weighted by Crippen LogP contribution is -2.09.